The van der Waals surface area contributed by atoms with Crippen molar-refractivity contribution >= 4 is 0 Å². The Hall–Kier alpha value is -0.160. The van der Waals surface area contributed by atoms with Crippen LogP contribution in [0.5, 0.6) is 0 Å². The van der Waals surface area contributed by atoms with Gasteiger partial charge >= 0.3 is 0 Å². The van der Waals surface area contributed by atoms with E-state index < -0.39 is 5.60 Å². The molecule has 2 saturated heterocycles. The van der Waals surface area contributed by atoms with Gasteiger partial charge in [0.25, 0.3) is 0 Å². The number of nitrogens with zero attached hydrogens (tertiary/aromatic N) is 2. The second kappa shape index (κ2) is 5.65. The van der Waals surface area contributed by atoms with Crippen LogP contribution >= 0.6 is 0 Å². The second-order valence-corrected chi connectivity index (χ2v) is 5.85. The summed E-state index contributed by atoms with van der Waals surface area (Å²) >= 11 is 0. The molecule has 0 saturated carbocycles. The fourth-order valence-corrected chi connectivity index (χ4v) is 3.13. The number of hydrogen-bond donors (Lipinski definition) is 2. The van der Waals surface area contributed by atoms with Gasteiger partial charge < -0.3 is 20.6 Å². The number of rotatable bonds is 2. The van der Waals surface area contributed by atoms with Crippen LogP contribution in [-0.2, 0) is 0 Å². The Kier molecular flexibility index (Phi) is 4.42. The van der Waals surface area contributed by atoms with Gasteiger partial charge in [-0.25, -0.2) is 0 Å². The van der Waals surface area contributed by atoms with Crippen LogP contribution in [-0.4, -0.2) is 66.3 Å². The van der Waals surface area contributed by atoms with Crippen LogP contribution in [0.3, 0.4) is 0 Å². The quantitative estimate of drug-likeness (QED) is 0.728. The van der Waals surface area contributed by atoms with Gasteiger partial charge in [-0.2, -0.15) is 0 Å². The molecule has 1 atom stereocenters. The maximum atomic E-state index is 10.3. The van der Waals surface area contributed by atoms with Crippen LogP contribution in [0.15, 0.2) is 0 Å². The minimum Gasteiger partial charge on any atom is -0.389 e. The number of hydrogen-bond acceptors (Lipinski definition) is 4. The average Bonchev–Trinajstić information content (AvgIpc) is 2.53. The first-order valence-electron chi connectivity index (χ1n) is 6.98. The fraction of sp³-hybridized carbons (Fsp3) is 1.00. The van der Waals surface area contributed by atoms with E-state index in [2.05, 4.69) is 16.8 Å². The number of piperidine rings is 1. The van der Waals surface area contributed by atoms with Crippen molar-refractivity contribution in [2.45, 2.75) is 43.7 Å². The van der Waals surface area contributed by atoms with Crippen LogP contribution in [0, 0.1) is 0 Å². The summed E-state index contributed by atoms with van der Waals surface area (Å²) in [5, 5.41) is 10.3. The normalized spacial score (nSPS) is 34.8. The highest BCUT2D eigenvalue weighted by Crippen LogP contribution is 2.25. The van der Waals surface area contributed by atoms with Crippen molar-refractivity contribution in [3.05, 3.63) is 0 Å². The summed E-state index contributed by atoms with van der Waals surface area (Å²) in [4.78, 5) is 4.99. The SMILES string of the molecule is CN1CCC(N2CCCC(O)(CN)CC2)CC1. The molecule has 3 N–H and O–H groups in total. The summed E-state index contributed by atoms with van der Waals surface area (Å²) in [5.41, 5.74) is 5.08. The van der Waals surface area contributed by atoms with Crippen molar-refractivity contribution in [2.24, 2.45) is 5.73 Å². The highest BCUT2D eigenvalue weighted by molar-refractivity contribution is 4.87. The summed E-state index contributed by atoms with van der Waals surface area (Å²) in [5.74, 6) is 0. The molecule has 0 spiro atoms. The van der Waals surface area contributed by atoms with E-state index in [1.54, 1.807) is 0 Å². The zero-order valence-electron chi connectivity index (χ0n) is 11.1. The molecular weight excluding hydrogens is 214 g/mol. The standard InChI is InChI=1S/C13H27N3O/c1-15-8-3-12(4-9-15)16-7-2-5-13(17,11-14)6-10-16/h12,17H,2-11,14H2,1H3. The molecule has 0 amide bonds. The predicted molar refractivity (Wildman–Crippen MR) is 69.9 cm³/mol. The smallest absolute Gasteiger partial charge is 0.0782 e. The number of aliphatic hydroxyl groups is 1. The first-order valence-corrected chi connectivity index (χ1v) is 6.98. The van der Waals surface area contributed by atoms with E-state index in [0.717, 1.165) is 38.4 Å². The van der Waals surface area contributed by atoms with E-state index in [9.17, 15) is 5.11 Å². The van der Waals surface area contributed by atoms with E-state index in [1.165, 1.54) is 25.9 Å². The molecule has 0 aromatic rings. The molecular formula is C13H27N3O. The highest BCUT2D eigenvalue weighted by atomic mass is 16.3. The Balaban J connectivity index is 1.86. The van der Waals surface area contributed by atoms with E-state index >= 15 is 0 Å². The minimum absolute atomic E-state index is 0.411. The zero-order valence-corrected chi connectivity index (χ0v) is 11.1. The summed E-state index contributed by atoms with van der Waals surface area (Å²) in [6.07, 6.45) is 5.34. The highest BCUT2D eigenvalue weighted by Gasteiger charge is 2.31. The van der Waals surface area contributed by atoms with Gasteiger partial charge in [-0.1, -0.05) is 0 Å². The van der Waals surface area contributed by atoms with Crippen molar-refractivity contribution in [3.63, 3.8) is 0 Å². The number of likely N-dealkylation sites (tertiary alicyclic amines) is 2. The van der Waals surface area contributed by atoms with Crippen LogP contribution in [0.25, 0.3) is 0 Å². The van der Waals surface area contributed by atoms with Gasteiger partial charge in [0.05, 0.1) is 5.60 Å². The van der Waals surface area contributed by atoms with Gasteiger partial charge in [-0.3, -0.25) is 0 Å². The van der Waals surface area contributed by atoms with Crippen molar-refractivity contribution in [3.8, 4) is 0 Å². The average molecular weight is 241 g/mol. The Morgan fingerprint density at radius 1 is 1.18 bits per heavy atom. The zero-order chi connectivity index (χ0) is 12.3. The maximum Gasteiger partial charge on any atom is 0.0782 e. The van der Waals surface area contributed by atoms with Crippen LogP contribution in [0.4, 0.5) is 0 Å². The monoisotopic (exact) mass is 241 g/mol. The second-order valence-electron chi connectivity index (χ2n) is 5.85. The van der Waals surface area contributed by atoms with Crippen molar-refractivity contribution in [1.82, 2.24) is 9.80 Å². The molecule has 0 aromatic carbocycles. The molecule has 0 aromatic heterocycles. The minimum atomic E-state index is -0.597. The lowest BCUT2D eigenvalue weighted by Gasteiger charge is -2.37. The number of nitrogens with two attached hydrogens (primary N) is 1. The topological polar surface area (TPSA) is 52.7 Å². The first kappa shape index (κ1) is 13.3. The van der Waals surface area contributed by atoms with Crippen molar-refractivity contribution in [1.29, 1.82) is 0 Å². The summed E-state index contributed by atoms with van der Waals surface area (Å²) in [7, 11) is 2.20. The molecule has 2 heterocycles. The van der Waals surface area contributed by atoms with Crippen molar-refractivity contribution < 1.29 is 5.11 Å². The van der Waals surface area contributed by atoms with Crippen LogP contribution < -0.4 is 5.73 Å². The Morgan fingerprint density at radius 2 is 1.88 bits per heavy atom. The molecule has 17 heavy (non-hydrogen) atoms. The predicted octanol–water partition coefficient (Wildman–Crippen LogP) is 0.256. The fourth-order valence-electron chi connectivity index (χ4n) is 3.13. The molecule has 1 unspecified atom stereocenters. The molecule has 4 nitrogen and oxygen atoms in total. The molecule has 4 heteroatoms. The summed E-state index contributed by atoms with van der Waals surface area (Å²) in [6.45, 7) is 4.98. The molecule has 2 aliphatic heterocycles. The Labute approximate surface area is 105 Å². The lowest BCUT2D eigenvalue weighted by Crippen LogP contribution is -2.45. The van der Waals surface area contributed by atoms with Gasteiger partial charge in [0.15, 0.2) is 0 Å². The van der Waals surface area contributed by atoms with Crippen LogP contribution in [0.1, 0.15) is 32.1 Å². The Morgan fingerprint density at radius 3 is 2.53 bits per heavy atom. The lowest BCUT2D eigenvalue weighted by molar-refractivity contribution is 0.0311. The Bertz CT molecular complexity index is 241. The summed E-state index contributed by atoms with van der Waals surface area (Å²) in [6, 6.07) is 0.728. The third kappa shape index (κ3) is 3.41. The third-order valence-corrected chi connectivity index (χ3v) is 4.54. The maximum absolute atomic E-state index is 10.3. The van der Waals surface area contributed by atoms with Gasteiger partial charge in [0, 0.05) is 19.1 Å². The van der Waals surface area contributed by atoms with Gasteiger partial charge in [-0.15, -0.1) is 0 Å². The van der Waals surface area contributed by atoms with Crippen molar-refractivity contribution in [2.75, 3.05) is 39.8 Å². The third-order valence-electron chi connectivity index (χ3n) is 4.54. The molecule has 2 aliphatic rings. The molecule has 100 valence electrons. The molecule has 0 aliphatic carbocycles. The first-order chi connectivity index (χ1) is 8.13. The van der Waals surface area contributed by atoms with Gasteiger partial charge in [0.1, 0.15) is 0 Å². The van der Waals surface area contributed by atoms with E-state index in [-0.39, 0.29) is 0 Å². The molecule has 2 fully saturated rings. The largest absolute Gasteiger partial charge is 0.389 e. The van der Waals surface area contributed by atoms with E-state index in [4.69, 9.17) is 5.73 Å². The van der Waals surface area contributed by atoms with Crippen LogP contribution in [0.2, 0.25) is 0 Å². The molecule has 0 radical (unpaired) electrons. The van der Waals surface area contributed by atoms with E-state index in [0.29, 0.717) is 6.54 Å². The lowest BCUT2D eigenvalue weighted by atomic mass is 9.95. The van der Waals surface area contributed by atoms with Gasteiger partial charge in [0.2, 0.25) is 0 Å². The summed E-state index contributed by atoms with van der Waals surface area (Å²) < 4.78 is 0. The molecule has 0 bridgehead atoms. The van der Waals surface area contributed by atoms with E-state index in [1.807, 2.05) is 0 Å². The van der Waals surface area contributed by atoms with Gasteiger partial charge in [-0.05, 0) is 58.8 Å². The molecule has 2 rings (SSSR count).